The van der Waals surface area contributed by atoms with Gasteiger partial charge in [-0.15, -0.1) is 0 Å². The molecule has 1 unspecified atom stereocenters. The van der Waals surface area contributed by atoms with Gasteiger partial charge in [-0.2, -0.15) is 0 Å². The van der Waals surface area contributed by atoms with Crippen molar-refractivity contribution in [1.29, 1.82) is 0 Å². The molecule has 94 valence electrons. The molecule has 0 bridgehead atoms. The predicted molar refractivity (Wildman–Crippen MR) is 76.7 cm³/mol. The van der Waals surface area contributed by atoms with Crippen molar-refractivity contribution >= 4 is 16.6 Å². The Bertz CT molecular complexity index is 725. The summed E-state index contributed by atoms with van der Waals surface area (Å²) < 4.78 is 0. The molecular formula is C16H14N2O. The smallest absolute Gasteiger partial charge is 0.104 e. The van der Waals surface area contributed by atoms with Crippen LogP contribution in [0, 0.1) is 0 Å². The molecule has 3 aromatic rings. The van der Waals surface area contributed by atoms with Crippen LogP contribution in [0.3, 0.4) is 0 Å². The third-order valence-corrected chi connectivity index (χ3v) is 3.17. The SMILES string of the molecule is Nc1cccc(C(O)c2ccc3ncccc3c2)c1. The monoisotopic (exact) mass is 250 g/mol. The van der Waals surface area contributed by atoms with Crippen molar-refractivity contribution in [3.05, 3.63) is 71.9 Å². The topological polar surface area (TPSA) is 59.1 Å². The summed E-state index contributed by atoms with van der Waals surface area (Å²) in [6.07, 6.45) is 1.09. The maximum absolute atomic E-state index is 10.4. The summed E-state index contributed by atoms with van der Waals surface area (Å²) in [5.74, 6) is 0. The summed E-state index contributed by atoms with van der Waals surface area (Å²) >= 11 is 0. The number of benzene rings is 2. The number of nitrogens with two attached hydrogens (primary N) is 1. The minimum Gasteiger partial charge on any atom is -0.399 e. The number of pyridine rings is 1. The normalized spacial score (nSPS) is 12.5. The number of rotatable bonds is 2. The molecule has 3 heteroatoms. The highest BCUT2D eigenvalue weighted by molar-refractivity contribution is 5.79. The molecule has 0 radical (unpaired) electrons. The Morgan fingerprint density at radius 1 is 0.947 bits per heavy atom. The molecule has 0 saturated heterocycles. The Kier molecular flexibility index (Phi) is 2.89. The van der Waals surface area contributed by atoms with Crippen molar-refractivity contribution in [1.82, 2.24) is 4.98 Å². The van der Waals surface area contributed by atoms with E-state index < -0.39 is 6.10 Å². The minimum atomic E-state index is -0.673. The molecule has 1 aromatic heterocycles. The Hall–Kier alpha value is -2.39. The first-order valence-electron chi connectivity index (χ1n) is 6.12. The van der Waals surface area contributed by atoms with Crippen LogP contribution in [-0.2, 0) is 0 Å². The van der Waals surface area contributed by atoms with Crippen molar-refractivity contribution < 1.29 is 5.11 Å². The average molecular weight is 250 g/mol. The first-order chi connectivity index (χ1) is 9.24. The number of aliphatic hydroxyl groups excluding tert-OH is 1. The molecule has 0 fully saturated rings. The van der Waals surface area contributed by atoms with Crippen molar-refractivity contribution in [2.45, 2.75) is 6.10 Å². The number of nitrogens with zero attached hydrogens (tertiary/aromatic N) is 1. The van der Waals surface area contributed by atoms with E-state index in [2.05, 4.69) is 4.98 Å². The van der Waals surface area contributed by atoms with E-state index in [0.29, 0.717) is 5.69 Å². The van der Waals surface area contributed by atoms with Crippen LogP contribution in [0.5, 0.6) is 0 Å². The van der Waals surface area contributed by atoms with Crippen LogP contribution in [0.1, 0.15) is 17.2 Å². The summed E-state index contributed by atoms with van der Waals surface area (Å²) in [7, 11) is 0. The molecule has 1 atom stereocenters. The zero-order valence-corrected chi connectivity index (χ0v) is 10.3. The van der Waals surface area contributed by atoms with E-state index in [9.17, 15) is 5.11 Å². The standard InChI is InChI=1S/C16H14N2O/c17-14-5-1-3-12(10-14)16(19)13-6-7-15-11(9-13)4-2-8-18-15/h1-10,16,19H,17H2. The largest absolute Gasteiger partial charge is 0.399 e. The van der Waals surface area contributed by atoms with Gasteiger partial charge in [-0.05, 0) is 41.5 Å². The number of aliphatic hydroxyl groups is 1. The van der Waals surface area contributed by atoms with Gasteiger partial charge >= 0.3 is 0 Å². The van der Waals surface area contributed by atoms with Gasteiger partial charge in [-0.1, -0.05) is 24.3 Å². The Morgan fingerprint density at radius 2 is 1.79 bits per heavy atom. The second kappa shape index (κ2) is 4.71. The summed E-state index contributed by atoms with van der Waals surface area (Å²) in [5.41, 5.74) is 8.95. The number of fused-ring (bicyclic) bond motifs is 1. The molecule has 0 aliphatic heterocycles. The number of nitrogen functional groups attached to an aromatic ring is 1. The van der Waals surface area contributed by atoms with Gasteiger partial charge in [0, 0.05) is 17.3 Å². The van der Waals surface area contributed by atoms with E-state index in [0.717, 1.165) is 22.0 Å². The highest BCUT2D eigenvalue weighted by Gasteiger charge is 2.11. The summed E-state index contributed by atoms with van der Waals surface area (Å²) in [6, 6.07) is 16.9. The lowest BCUT2D eigenvalue weighted by Crippen LogP contribution is -2.00. The van der Waals surface area contributed by atoms with Crippen LogP contribution in [-0.4, -0.2) is 10.1 Å². The van der Waals surface area contributed by atoms with Crippen molar-refractivity contribution in [2.75, 3.05) is 5.73 Å². The van der Waals surface area contributed by atoms with Gasteiger partial charge in [0.2, 0.25) is 0 Å². The van der Waals surface area contributed by atoms with Crippen LogP contribution >= 0.6 is 0 Å². The molecule has 1 heterocycles. The van der Waals surface area contributed by atoms with Crippen molar-refractivity contribution in [3.63, 3.8) is 0 Å². The van der Waals surface area contributed by atoms with Crippen molar-refractivity contribution in [2.24, 2.45) is 0 Å². The summed E-state index contributed by atoms with van der Waals surface area (Å²) in [5, 5.41) is 11.4. The molecule has 0 spiro atoms. The number of hydrogen-bond donors (Lipinski definition) is 2. The van der Waals surface area contributed by atoms with Gasteiger partial charge < -0.3 is 10.8 Å². The van der Waals surface area contributed by atoms with Gasteiger partial charge in [0.1, 0.15) is 6.10 Å². The van der Waals surface area contributed by atoms with Crippen LogP contribution < -0.4 is 5.73 Å². The van der Waals surface area contributed by atoms with Crippen LogP contribution in [0.15, 0.2) is 60.8 Å². The second-order valence-electron chi connectivity index (χ2n) is 4.53. The van der Waals surface area contributed by atoms with Crippen molar-refractivity contribution in [3.8, 4) is 0 Å². The lowest BCUT2D eigenvalue weighted by Gasteiger charge is -2.12. The fraction of sp³-hybridized carbons (Fsp3) is 0.0625. The highest BCUT2D eigenvalue weighted by Crippen LogP contribution is 2.25. The Labute approximate surface area is 111 Å². The van der Waals surface area contributed by atoms with Crippen LogP contribution in [0.2, 0.25) is 0 Å². The van der Waals surface area contributed by atoms with Gasteiger partial charge in [-0.25, -0.2) is 0 Å². The second-order valence-corrected chi connectivity index (χ2v) is 4.53. The molecule has 3 nitrogen and oxygen atoms in total. The quantitative estimate of drug-likeness (QED) is 0.687. The van der Waals surface area contributed by atoms with E-state index in [-0.39, 0.29) is 0 Å². The van der Waals surface area contributed by atoms with E-state index in [1.54, 1.807) is 18.3 Å². The molecular weight excluding hydrogens is 236 g/mol. The van der Waals surface area contributed by atoms with E-state index in [4.69, 9.17) is 5.73 Å². The van der Waals surface area contributed by atoms with Gasteiger partial charge in [0.05, 0.1) is 5.52 Å². The lowest BCUT2D eigenvalue weighted by molar-refractivity contribution is 0.220. The third kappa shape index (κ3) is 2.28. The molecule has 0 aliphatic rings. The molecule has 2 aromatic carbocycles. The molecule has 0 saturated carbocycles. The first-order valence-corrected chi connectivity index (χ1v) is 6.12. The minimum absolute atomic E-state index is 0.652. The molecule has 3 N–H and O–H groups in total. The third-order valence-electron chi connectivity index (χ3n) is 3.17. The molecule has 19 heavy (non-hydrogen) atoms. The average Bonchev–Trinajstić information content (AvgIpc) is 2.46. The van der Waals surface area contributed by atoms with E-state index in [1.807, 2.05) is 42.5 Å². The number of aromatic nitrogens is 1. The highest BCUT2D eigenvalue weighted by atomic mass is 16.3. The maximum atomic E-state index is 10.4. The fourth-order valence-corrected chi connectivity index (χ4v) is 2.19. The number of hydrogen-bond acceptors (Lipinski definition) is 3. The van der Waals surface area contributed by atoms with Crippen LogP contribution in [0.25, 0.3) is 10.9 Å². The van der Waals surface area contributed by atoms with E-state index in [1.165, 1.54) is 0 Å². The zero-order valence-electron chi connectivity index (χ0n) is 10.3. The fourth-order valence-electron chi connectivity index (χ4n) is 2.19. The lowest BCUT2D eigenvalue weighted by atomic mass is 9.99. The Balaban J connectivity index is 2.04. The molecule has 3 rings (SSSR count). The zero-order chi connectivity index (χ0) is 13.2. The van der Waals surface area contributed by atoms with Gasteiger partial charge in [0.25, 0.3) is 0 Å². The first kappa shape index (κ1) is 11.7. The van der Waals surface area contributed by atoms with Gasteiger partial charge in [0.15, 0.2) is 0 Å². The van der Waals surface area contributed by atoms with E-state index >= 15 is 0 Å². The number of anilines is 1. The summed E-state index contributed by atoms with van der Waals surface area (Å²) in [6.45, 7) is 0. The summed E-state index contributed by atoms with van der Waals surface area (Å²) in [4.78, 5) is 4.27. The molecule has 0 aliphatic carbocycles. The Morgan fingerprint density at radius 3 is 2.63 bits per heavy atom. The van der Waals surface area contributed by atoms with Crippen LogP contribution in [0.4, 0.5) is 5.69 Å². The van der Waals surface area contributed by atoms with Gasteiger partial charge in [-0.3, -0.25) is 4.98 Å². The maximum Gasteiger partial charge on any atom is 0.104 e. The predicted octanol–water partition coefficient (Wildman–Crippen LogP) is 2.90. The molecule has 0 amide bonds.